The summed E-state index contributed by atoms with van der Waals surface area (Å²) in [7, 11) is 0. The van der Waals surface area contributed by atoms with Crippen LogP contribution in [0.15, 0.2) is 24.4 Å². The van der Waals surface area contributed by atoms with Crippen molar-refractivity contribution in [1.82, 2.24) is 10.3 Å². The molecular formula is C16H26N2. The monoisotopic (exact) mass is 246 g/mol. The van der Waals surface area contributed by atoms with Gasteiger partial charge in [0.2, 0.25) is 0 Å². The first-order valence-corrected chi connectivity index (χ1v) is 7.49. The van der Waals surface area contributed by atoms with Crippen molar-refractivity contribution < 1.29 is 0 Å². The minimum absolute atomic E-state index is 0.450. The van der Waals surface area contributed by atoms with Crippen molar-refractivity contribution in [1.29, 1.82) is 0 Å². The highest BCUT2D eigenvalue weighted by atomic mass is 14.9. The first-order valence-electron chi connectivity index (χ1n) is 7.49. The Morgan fingerprint density at radius 3 is 2.89 bits per heavy atom. The largest absolute Gasteiger partial charge is 0.309 e. The van der Waals surface area contributed by atoms with Gasteiger partial charge in [-0.15, -0.1) is 0 Å². The van der Waals surface area contributed by atoms with Crippen molar-refractivity contribution in [3.8, 4) is 0 Å². The number of aromatic nitrogens is 1. The molecular weight excluding hydrogens is 220 g/mol. The zero-order valence-electron chi connectivity index (χ0n) is 11.7. The van der Waals surface area contributed by atoms with Gasteiger partial charge in [-0.2, -0.15) is 0 Å². The molecule has 1 heterocycles. The van der Waals surface area contributed by atoms with Crippen LogP contribution in [0.1, 0.15) is 57.7 Å². The van der Waals surface area contributed by atoms with Gasteiger partial charge < -0.3 is 5.32 Å². The van der Waals surface area contributed by atoms with E-state index in [4.69, 9.17) is 0 Å². The molecule has 1 aromatic heterocycles. The van der Waals surface area contributed by atoms with Crippen LogP contribution in [0.5, 0.6) is 0 Å². The molecule has 100 valence electrons. The summed E-state index contributed by atoms with van der Waals surface area (Å²) in [6.45, 7) is 5.54. The second kappa shape index (κ2) is 6.89. The van der Waals surface area contributed by atoms with Crippen LogP contribution in [0.25, 0.3) is 0 Å². The smallest absolute Gasteiger partial charge is 0.0576 e. The zero-order chi connectivity index (χ0) is 12.8. The van der Waals surface area contributed by atoms with Crippen LogP contribution in [0, 0.1) is 11.8 Å². The summed E-state index contributed by atoms with van der Waals surface area (Å²) >= 11 is 0. The summed E-state index contributed by atoms with van der Waals surface area (Å²) in [4.78, 5) is 4.56. The van der Waals surface area contributed by atoms with Gasteiger partial charge in [-0.3, -0.25) is 4.98 Å². The van der Waals surface area contributed by atoms with Gasteiger partial charge in [-0.05, 0) is 43.4 Å². The molecule has 2 heteroatoms. The Morgan fingerprint density at radius 1 is 1.33 bits per heavy atom. The lowest BCUT2D eigenvalue weighted by atomic mass is 9.76. The van der Waals surface area contributed by atoms with E-state index in [1.165, 1.54) is 37.8 Å². The molecule has 1 fully saturated rings. The Morgan fingerprint density at radius 2 is 2.22 bits per heavy atom. The van der Waals surface area contributed by atoms with Crippen LogP contribution in [0.3, 0.4) is 0 Å². The third kappa shape index (κ3) is 3.32. The highest BCUT2D eigenvalue weighted by Crippen LogP contribution is 2.37. The summed E-state index contributed by atoms with van der Waals surface area (Å²) in [5, 5.41) is 3.65. The van der Waals surface area contributed by atoms with E-state index in [1.54, 1.807) is 0 Å². The minimum Gasteiger partial charge on any atom is -0.309 e. The molecule has 0 spiro atoms. The predicted octanol–water partition coefficient (Wildman–Crippen LogP) is 3.95. The van der Waals surface area contributed by atoms with Gasteiger partial charge in [0.15, 0.2) is 0 Å². The Balaban J connectivity index is 2.09. The normalized spacial score (nSPS) is 25.9. The molecule has 0 amide bonds. The topological polar surface area (TPSA) is 24.9 Å². The van der Waals surface area contributed by atoms with Crippen molar-refractivity contribution in [2.75, 3.05) is 6.54 Å². The number of hydrogen-bond acceptors (Lipinski definition) is 2. The lowest BCUT2D eigenvalue weighted by Crippen LogP contribution is -2.32. The minimum atomic E-state index is 0.450. The maximum absolute atomic E-state index is 4.56. The third-order valence-corrected chi connectivity index (χ3v) is 4.30. The van der Waals surface area contributed by atoms with E-state index in [0.717, 1.165) is 18.4 Å². The Hall–Kier alpha value is -0.890. The molecule has 2 rings (SSSR count). The second-order valence-electron chi connectivity index (χ2n) is 5.49. The van der Waals surface area contributed by atoms with Gasteiger partial charge in [-0.1, -0.05) is 39.2 Å². The first kappa shape index (κ1) is 13.5. The molecule has 1 N–H and O–H groups in total. The molecule has 0 saturated heterocycles. The number of hydrogen-bond donors (Lipinski definition) is 1. The van der Waals surface area contributed by atoms with Gasteiger partial charge in [0.25, 0.3) is 0 Å². The molecule has 0 radical (unpaired) electrons. The molecule has 1 saturated carbocycles. The Labute approximate surface area is 111 Å². The average Bonchev–Trinajstić information content (AvgIpc) is 2.46. The van der Waals surface area contributed by atoms with Crippen LogP contribution in [0.4, 0.5) is 0 Å². The van der Waals surface area contributed by atoms with Gasteiger partial charge in [-0.25, -0.2) is 0 Å². The fourth-order valence-corrected chi connectivity index (χ4v) is 3.30. The highest BCUT2D eigenvalue weighted by molar-refractivity contribution is 5.10. The SMILES string of the molecule is CCNC(c1ccccn1)C1CCCC(CC)C1. The van der Waals surface area contributed by atoms with Crippen LogP contribution < -0.4 is 5.32 Å². The fourth-order valence-electron chi connectivity index (χ4n) is 3.30. The third-order valence-electron chi connectivity index (χ3n) is 4.30. The molecule has 18 heavy (non-hydrogen) atoms. The van der Waals surface area contributed by atoms with Crippen molar-refractivity contribution in [2.24, 2.45) is 11.8 Å². The van der Waals surface area contributed by atoms with Gasteiger partial charge in [0, 0.05) is 6.20 Å². The van der Waals surface area contributed by atoms with E-state index in [0.29, 0.717) is 6.04 Å². The van der Waals surface area contributed by atoms with E-state index in [9.17, 15) is 0 Å². The molecule has 3 atom stereocenters. The summed E-state index contributed by atoms with van der Waals surface area (Å²) in [5.41, 5.74) is 1.22. The van der Waals surface area contributed by atoms with Gasteiger partial charge in [0.1, 0.15) is 0 Å². The van der Waals surface area contributed by atoms with E-state index in [2.05, 4.69) is 36.3 Å². The van der Waals surface area contributed by atoms with E-state index in [1.807, 2.05) is 12.3 Å². The molecule has 2 nitrogen and oxygen atoms in total. The number of rotatable bonds is 5. The molecule has 0 aromatic carbocycles. The number of pyridine rings is 1. The summed E-state index contributed by atoms with van der Waals surface area (Å²) in [6.07, 6.45) is 8.78. The molecule has 1 aliphatic rings. The van der Waals surface area contributed by atoms with Gasteiger partial charge in [0.05, 0.1) is 11.7 Å². The summed E-state index contributed by atoms with van der Waals surface area (Å²) < 4.78 is 0. The highest BCUT2D eigenvalue weighted by Gasteiger charge is 2.28. The zero-order valence-corrected chi connectivity index (χ0v) is 11.7. The second-order valence-corrected chi connectivity index (χ2v) is 5.49. The van der Waals surface area contributed by atoms with E-state index in [-0.39, 0.29) is 0 Å². The predicted molar refractivity (Wildman–Crippen MR) is 76.4 cm³/mol. The number of nitrogens with one attached hydrogen (secondary N) is 1. The molecule has 3 unspecified atom stereocenters. The van der Waals surface area contributed by atoms with Crippen molar-refractivity contribution in [3.63, 3.8) is 0 Å². The Kier molecular flexibility index (Phi) is 5.18. The maximum atomic E-state index is 4.56. The maximum Gasteiger partial charge on any atom is 0.0576 e. The molecule has 1 aliphatic carbocycles. The standard InChI is InChI=1S/C16H26N2/c1-3-13-8-7-9-14(12-13)16(17-4-2)15-10-5-6-11-18-15/h5-6,10-11,13-14,16-17H,3-4,7-9,12H2,1-2H3. The lowest BCUT2D eigenvalue weighted by Gasteiger charge is -2.34. The first-order chi connectivity index (χ1) is 8.85. The number of nitrogens with zero attached hydrogens (tertiary/aromatic N) is 1. The van der Waals surface area contributed by atoms with Crippen LogP contribution in [-0.4, -0.2) is 11.5 Å². The van der Waals surface area contributed by atoms with Crippen LogP contribution in [-0.2, 0) is 0 Å². The molecule has 0 bridgehead atoms. The molecule has 0 aliphatic heterocycles. The van der Waals surface area contributed by atoms with Crippen LogP contribution >= 0.6 is 0 Å². The quantitative estimate of drug-likeness (QED) is 0.851. The molecule has 1 aromatic rings. The van der Waals surface area contributed by atoms with Gasteiger partial charge >= 0.3 is 0 Å². The van der Waals surface area contributed by atoms with Crippen molar-refractivity contribution in [2.45, 2.75) is 52.0 Å². The van der Waals surface area contributed by atoms with Crippen molar-refractivity contribution in [3.05, 3.63) is 30.1 Å². The summed E-state index contributed by atoms with van der Waals surface area (Å²) in [6, 6.07) is 6.73. The van der Waals surface area contributed by atoms with E-state index < -0.39 is 0 Å². The fraction of sp³-hybridized carbons (Fsp3) is 0.688. The van der Waals surface area contributed by atoms with Crippen LogP contribution in [0.2, 0.25) is 0 Å². The average molecular weight is 246 g/mol. The van der Waals surface area contributed by atoms with Crippen molar-refractivity contribution >= 4 is 0 Å². The lowest BCUT2D eigenvalue weighted by molar-refractivity contribution is 0.208. The summed E-state index contributed by atoms with van der Waals surface area (Å²) in [5.74, 6) is 1.69. The Bertz CT molecular complexity index is 336. The van der Waals surface area contributed by atoms with E-state index >= 15 is 0 Å².